The first-order chi connectivity index (χ1) is 5.29. The fraction of sp³-hybridized carbons (Fsp3) is 0.250. The van der Waals surface area contributed by atoms with E-state index >= 15 is 0 Å². The number of rotatable bonds is 1. The van der Waals surface area contributed by atoms with E-state index in [0.717, 1.165) is 0 Å². The molecule has 0 saturated heterocycles. The summed E-state index contributed by atoms with van der Waals surface area (Å²) in [5.74, 6) is 0.644. The Bertz CT molecular complexity index is 341. The van der Waals surface area contributed by atoms with Gasteiger partial charge in [-0.2, -0.15) is 0 Å². The highest BCUT2D eigenvalue weighted by atomic mass is 35.5. The first kappa shape index (κ1) is 7.59. The molecule has 0 N–H and O–H groups in total. The smallest absolute Gasteiger partial charge is 0.0568 e. The van der Waals surface area contributed by atoms with Gasteiger partial charge in [-0.25, -0.2) is 0 Å². The van der Waals surface area contributed by atoms with E-state index < -0.39 is 0 Å². The van der Waals surface area contributed by atoms with Crippen molar-refractivity contribution in [2.24, 2.45) is 0 Å². The van der Waals surface area contributed by atoms with Crippen molar-refractivity contribution < 1.29 is 0 Å². The fourth-order valence-corrected chi connectivity index (χ4v) is 3.51. The van der Waals surface area contributed by atoms with Gasteiger partial charge < -0.3 is 0 Å². The molecule has 0 fully saturated rings. The van der Waals surface area contributed by atoms with Crippen LogP contribution in [0.1, 0.15) is 9.75 Å². The lowest BCUT2D eigenvalue weighted by atomic mass is 10.4. The van der Waals surface area contributed by atoms with Gasteiger partial charge in [-0.05, 0) is 19.1 Å². The van der Waals surface area contributed by atoms with Crippen molar-refractivity contribution in [2.45, 2.75) is 12.8 Å². The molecule has 0 amide bonds. The molecule has 0 aliphatic rings. The third kappa shape index (κ3) is 1.31. The molecular formula is C8H7ClS2. The lowest BCUT2D eigenvalue weighted by molar-refractivity contribution is 1.55. The molecular weight excluding hydrogens is 196 g/mol. The summed E-state index contributed by atoms with van der Waals surface area (Å²) in [6.07, 6.45) is 0. The summed E-state index contributed by atoms with van der Waals surface area (Å²) in [4.78, 5) is 2.65. The van der Waals surface area contributed by atoms with Crippen molar-refractivity contribution in [3.63, 3.8) is 0 Å². The highest BCUT2D eigenvalue weighted by Gasteiger charge is 2.02. The zero-order chi connectivity index (χ0) is 7.84. The van der Waals surface area contributed by atoms with Gasteiger partial charge in [0.1, 0.15) is 0 Å². The Kier molecular flexibility index (Phi) is 1.91. The molecule has 0 unspecified atom stereocenters. The summed E-state index contributed by atoms with van der Waals surface area (Å²) >= 11 is 9.35. The molecule has 0 saturated carbocycles. The van der Waals surface area contributed by atoms with Crippen LogP contribution in [0.4, 0.5) is 0 Å². The van der Waals surface area contributed by atoms with Crippen LogP contribution >= 0.6 is 34.3 Å². The van der Waals surface area contributed by atoms with Crippen molar-refractivity contribution in [3.8, 4) is 0 Å². The summed E-state index contributed by atoms with van der Waals surface area (Å²) < 4.78 is 2.76. The van der Waals surface area contributed by atoms with E-state index in [9.17, 15) is 0 Å². The number of aryl methyl sites for hydroxylation is 1. The van der Waals surface area contributed by atoms with Gasteiger partial charge in [0.15, 0.2) is 0 Å². The Morgan fingerprint density at radius 2 is 2.00 bits per heavy atom. The van der Waals surface area contributed by atoms with E-state index in [0.29, 0.717) is 5.88 Å². The Morgan fingerprint density at radius 1 is 1.27 bits per heavy atom. The van der Waals surface area contributed by atoms with Crippen molar-refractivity contribution >= 4 is 43.7 Å². The first-order valence-electron chi connectivity index (χ1n) is 3.34. The predicted molar refractivity (Wildman–Crippen MR) is 54.0 cm³/mol. The van der Waals surface area contributed by atoms with Crippen LogP contribution in [0.25, 0.3) is 9.40 Å². The summed E-state index contributed by atoms with van der Waals surface area (Å²) in [5, 5.41) is 0. The second kappa shape index (κ2) is 2.77. The van der Waals surface area contributed by atoms with Crippen molar-refractivity contribution in [3.05, 3.63) is 21.9 Å². The third-order valence-corrected chi connectivity index (χ3v) is 4.17. The maximum atomic E-state index is 5.71. The highest BCUT2D eigenvalue weighted by Crippen LogP contribution is 2.33. The molecule has 2 heterocycles. The largest absolute Gasteiger partial charge is 0.140 e. The normalized spacial score (nSPS) is 11.1. The number of hydrogen-bond donors (Lipinski definition) is 0. The molecule has 0 nitrogen and oxygen atoms in total. The second-order valence-electron chi connectivity index (χ2n) is 2.43. The molecule has 0 atom stereocenters. The molecule has 0 aromatic carbocycles. The van der Waals surface area contributed by atoms with E-state index in [1.807, 2.05) is 11.3 Å². The van der Waals surface area contributed by atoms with Crippen LogP contribution < -0.4 is 0 Å². The number of thiophene rings is 2. The zero-order valence-corrected chi connectivity index (χ0v) is 8.45. The summed E-state index contributed by atoms with van der Waals surface area (Å²) in [5.41, 5.74) is 0. The first-order valence-corrected chi connectivity index (χ1v) is 5.51. The quantitative estimate of drug-likeness (QED) is 0.613. The van der Waals surface area contributed by atoms with Crippen molar-refractivity contribution in [2.75, 3.05) is 0 Å². The van der Waals surface area contributed by atoms with Gasteiger partial charge in [0, 0.05) is 19.2 Å². The van der Waals surface area contributed by atoms with Gasteiger partial charge in [-0.3, -0.25) is 0 Å². The lowest BCUT2D eigenvalue weighted by Gasteiger charge is -1.80. The molecule has 0 aliphatic heterocycles. The second-order valence-corrected chi connectivity index (χ2v) is 5.16. The Balaban J connectivity index is 2.64. The van der Waals surface area contributed by atoms with Crippen LogP contribution in [0.3, 0.4) is 0 Å². The Labute approximate surface area is 78.4 Å². The van der Waals surface area contributed by atoms with Gasteiger partial charge in [0.25, 0.3) is 0 Å². The highest BCUT2D eigenvalue weighted by molar-refractivity contribution is 7.27. The minimum Gasteiger partial charge on any atom is -0.140 e. The molecule has 3 heteroatoms. The molecule has 0 aliphatic carbocycles. The fourth-order valence-electron chi connectivity index (χ4n) is 1.07. The van der Waals surface area contributed by atoms with Crippen LogP contribution in [0.15, 0.2) is 12.1 Å². The van der Waals surface area contributed by atoms with Crippen LogP contribution in [0, 0.1) is 6.92 Å². The van der Waals surface area contributed by atoms with Crippen LogP contribution in [-0.4, -0.2) is 0 Å². The van der Waals surface area contributed by atoms with E-state index in [1.165, 1.54) is 19.2 Å². The minimum atomic E-state index is 0.644. The molecule has 2 aromatic rings. The zero-order valence-electron chi connectivity index (χ0n) is 6.06. The average Bonchev–Trinajstić information content (AvgIpc) is 2.43. The predicted octanol–water partition coefficient (Wildman–Crippen LogP) is 4.01. The van der Waals surface area contributed by atoms with E-state index in [-0.39, 0.29) is 0 Å². The standard InChI is InChI=1S/C8H7ClS2/c1-5-2-7-8(10-5)3-6(4-9)11-7/h2-3H,4H2,1H3. The monoisotopic (exact) mass is 202 g/mol. The molecule has 2 aromatic heterocycles. The number of hydrogen-bond acceptors (Lipinski definition) is 2. The minimum absolute atomic E-state index is 0.644. The Hall–Kier alpha value is -0.0500. The number of alkyl halides is 1. The number of halogens is 1. The van der Waals surface area contributed by atoms with Crippen LogP contribution in [-0.2, 0) is 5.88 Å². The van der Waals surface area contributed by atoms with E-state index in [2.05, 4.69) is 19.1 Å². The molecule has 0 radical (unpaired) electrons. The van der Waals surface area contributed by atoms with Crippen LogP contribution in [0.5, 0.6) is 0 Å². The molecule has 2 rings (SSSR count). The van der Waals surface area contributed by atoms with Gasteiger partial charge in [0.05, 0.1) is 5.88 Å². The van der Waals surface area contributed by atoms with Crippen molar-refractivity contribution in [1.82, 2.24) is 0 Å². The summed E-state index contributed by atoms with van der Waals surface area (Å²) in [7, 11) is 0. The van der Waals surface area contributed by atoms with Crippen LogP contribution in [0.2, 0.25) is 0 Å². The molecule has 0 bridgehead atoms. The third-order valence-electron chi connectivity index (χ3n) is 1.51. The van der Waals surface area contributed by atoms with E-state index in [4.69, 9.17) is 11.6 Å². The molecule has 58 valence electrons. The maximum Gasteiger partial charge on any atom is 0.0568 e. The lowest BCUT2D eigenvalue weighted by Crippen LogP contribution is -1.60. The topological polar surface area (TPSA) is 0 Å². The SMILES string of the molecule is Cc1cc2sc(CCl)cc2s1. The van der Waals surface area contributed by atoms with Crippen molar-refractivity contribution in [1.29, 1.82) is 0 Å². The van der Waals surface area contributed by atoms with Gasteiger partial charge in [0.2, 0.25) is 0 Å². The van der Waals surface area contributed by atoms with Gasteiger partial charge in [-0.1, -0.05) is 0 Å². The molecule has 0 spiro atoms. The summed E-state index contributed by atoms with van der Waals surface area (Å²) in [6, 6.07) is 4.41. The molecule has 11 heavy (non-hydrogen) atoms. The Morgan fingerprint density at radius 3 is 2.64 bits per heavy atom. The average molecular weight is 203 g/mol. The number of fused-ring (bicyclic) bond motifs is 1. The van der Waals surface area contributed by atoms with Gasteiger partial charge >= 0.3 is 0 Å². The summed E-state index contributed by atoms with van der Waals surface area (Å²) in [6.45, 7) is 2.14. The maximum absolute atomic E-state index is 5.71. The van der Waals surface area contributed by atoms with E-state index in [1.54, 1.807) is 11.3 Å². The van der Waals surface area contributed by atoms with Gasteiger partial charge in [-0.15, -0.1) is 34.3 Å².